The Bertz CT molecular complexity index is 1170. The van der Waals surface area contributed by atoms with E-state index in [4.69, 9.17) is 0 Å². The molecule has 0 radical (unpaired) electrons. The van der Waals surface area contributed by atoms with Crippen LogP contribution < -0.4 is 10.6 Å². The molecule has 0 aliphatic carbocycles. The first kappa shape index (κ1) is 23.2. The summed E-state index contributed by atoms with van der Waals surface area (Å²) in [6.45, 7) is 3.53. The predicted octanol–water partition coefficient (Wildman–Crippen LogP) is 3.50. The Kier molecular flexibility index (Phi) is 6.78. The van der Waals surface area contributed by atoms with Crippen molar-refractivity contribution in [3.63, 3.8) is 0 Å². The second-order valence-electron chi connectivity index (χ2n) is 8.90. The van der Waals surface area contributed by atoms with Crippen molar-refractivity contribution in [1.29, 1.82) is 0 Å². The van der Waals surface area contributed by atoms with Gasteiger partial charge in [-0.05, 0) is 49.6 Å². The van der Waals surface area contributed by atoms with Crippen molar-refractivity contribution < 1.29 is 14.7 Å². The van der Waals surface area contributed by atoms with E-state index in [-0.39, 0.29) is 24.8 Å². The number of aryl methyl sites for hydroxylation is 1. The Balaban J connectivity index is 1.22. The number of hydrogen-bond acceptors (Lipinski definition) is 7. The van der Waals surface area contributed by atoms with Crippen LogP contribution in [0.2, 0.25) is 0 Å². The molecule has 0 spiro atoms. The lowest BCUT2D eigenvalue weighted by Gasteiger charge is -2.23. The third-order valence-electron chi connectivity index (χ3n) is 6.51. The highest BCUT2D eigenvalue weighted by molar-refractivity contribution is 7.14. The molecule has 2 saturated heterocycles. The van der Waals surface area contributed by atoms with Gasteiger partial charge in [0.25, 0.3) is 5.91 Å². The minimum absolute atomic E-state index is 0.175. The van der Waals surface area contributed by atoms with E-state index >= 15 is 0 Å². The number of likely N-dealkylation sites (tertiary alicyclic amines) is 1. The van der Waals surface area contributed by atoms with Gasteiger partial charge in [-0.3, -0.25) is 9.59 Å². The molecular formula is C25H28N4O3S2. The zero-order valence-electron chi connectivity index (χ0n) is 19.0. The van der Waals surface area contributed by atoms with E-state index in [0.717, 1.165) is 46.0 Å². The lowest BCUT2D eigenvalue weighted by atomic mass is 10.1. The summed E-state index contributed by atoms with van der Waals surface area (Å²) in [5.74, 6) is -0.420. The number of thiophene rings is 1. The number of aliphatic hydroxyl groups is 1. The SMILES string of the molecule is Cc1ncsc1-c1ccc(CNC(=O)[C@@H]2C[C@@H](O)CN2C(=O)c2ccc(C3CCCN3)s2)cc1. The minimum Gasteiger partial charge on any atom is -0.391 e. The van der Waals surface area contributed by atoms with Crippen molar-refractivity contribution >= 4 is 34.5 Å². The maximum absolute atomic E-state index is 13.2. The summed E-state index contributed by atoms with van der Waals surface area (Å²) in [7, 11) is 0. The Morgan fingerprint density at radius 2 is 2.06 bits per heavy atom. The van der Waals surface area contributed by atoms with Crippen LogP contribution in [0.25, 0.3) is 10.4 Å². The number of nitrogens with zero attached hydrogens (tertiary/aromatic N) is 2. The standard InChI is InChI=1S/C25H28N4O3S2/c1-15-23(33-14-28-15)17-6-4-16(5-7-17)12-27-24(31)20-11-18(30)13-29(20)25(32)22-9-8-21(34-22)19-3-2-10-26-19/h4-9,14,18-20,26,30H,2-3,10-13H2,1H3,(H,27,31)/t18-,19?,20+/m1/s1. The molecule has 2 aromatic heterocycles. The number of aliphatic hydroxyl groups excluding tert-OH is 1. The number of aromatic nitrogens is 1. The monoisotopic (exact) mass is 496 g/mol. The number of β-amino-alcohol motifs (C(OH)–C–C–N with tert-alkyl or cyclic N) is 1. The Morgan fingerprint density at radius 1 is 1.24 bits per heavy atom. The molecule has 34 heavy (non-hydrogen) atoms. The average Bonchev–Trinajstić information content (AvgIpc) is 3.64. The number of carbonyl (C=O) groups excluding carboxylic acids is 2. The molecule has 2 aliphatic rings. The maximum atomic E-state index is 13.2. The topological polar surface area (TPSA) is 94.6 Å². The maximum Gasteiger partial charge on any atom is 0.264 e. The van der Waals surface area contributed by atoms with E-state index in [1.807, 2.05) is 48.8 Å². The van der Waals surface area contributed by atoms with Gasteiger partial charge in [0.2, 0.25) is 5.91 Å². The van der Waals surface area contributed by atoms with Gasteiger partial charge in [0.05, 0.1) is 27.1 Å². The van der Waals surface area contributed by atoms with Gasteiger partial charge in [-0.25, -0.2) is 4.98 Å². The van der Waals surface area contributed by atoms with Gasteiger partial charge in [0, 0.05) is 30.4 Å². The number of rotatable bonds is 6. The first-order valence-electron chi connectivity index (χ1n) is 11.6. The van der Waals surface area contributed by atoms with Crippen LogP contribution in [0.3, 0.4) is 0 Å². The normalized spacial score (nSPS) is 22.3. The van der Waals surface area contributed by atoms with Gasteiger partial charge in [0.15, 0.2) is 0 Å². The van der Waals surface area contributed by atoms with E-state index in [1.54, 1.807) is 11.3 Å². The molecule has 3 N–H and O–H groups in total. The number of thiazole rings is 1. The van der Waals surface area contributed by atoms with Crippen LogP contribution >= 0.6 is 22.7 Å². The largest absolute Gasteiger partial charge is 0.391 e. The molecule has 5 rings (SSSR count). The Hall–Kier alpha value is -2.59. The summed E-state index contributed by atoms with van der Waals surface area (Å²) < 4.78 is 0. The van der Waals surface area contributed by atoms with Crippen molar-refractivity contribution in [2.75, 3.05) is 13.1 Å². The van der Waals surface area contributed by atoms with Crippen molar-refractivity contribution in [3.8, 4) is 10.4 Å². The van der Waals surface area contributed by atoms with E-state index < -0.39 is 12.1 Å². The lowest BCUT2D eigenvalue weighted by molar-refractivity contribution is -0.125. The van der Waals surface area contributed by atoms with E-state index in [1.165, 1.54) is 16.2 Å². The quantitative estimate of drug-likeness (QED) is 0.486. The van der Waals surface area contributed by atoms with Crippen LogP contribution in [0.15, 0.2) is 41.9 Å². The molecule has 4 heterocycles. The molecule has 2 fully saturated rings. The zero-order chi connectivity index (χ0) is 23.7. The van der Waals surface area contributed by atoms with Crippen molar-refractivity contribution in [2.45, 2.75) is 50.9 Å². The Morgan fingerprint density at radius 3 is 2.76 bits per heavy atom. The number of amides is 2. The highest BCUT2D eigenvalue weighted by atomic mass is 32.1. The molecule has 0 bridgehead atoms. The van der Waals surface area contributed by atoms with E-state index in [9.17, 15) is 14.7 Å². The first-order chi connectivity index (χ1) is 16.5. The molecule has 178 valence electrons. The van der Waals surface area contributed by atoms with Crippen LogP contribution in [-0.4, -0.2) is 52.0 Å². The molecule has 2 aliphatic heterocycles. The van der Waals surface area contributed by atoms with Gasteiger partial charge in [-0.15, -0.1) is 22.7 Å². The number of hydrogen-bond donors (Lipinski definition) is 3. The van der Waals surface area contributed by atoms with Crippen LogP contribution in [-0.2, 0) is 11.3 Å². The van der Waals surface area contributed by atoms with Crippen molar-refractivity contribution in [1.82, 2.24) is 20.5 Å². The summed E-state index contributed by atoms with van der Waals surface area (Å²) in [5.41, 5.74) is 4.93. The number of nitrogens with one attached hydrogen (secondary N) is 2. The van der Waals surface area contributed by atoms with Gasteiger partial charge in [0.1, 0.15) is 6.04 Å². The number of carbonyl (C=O) groups is 2. The second-order valence-corrected chi connectivity index (χ2v) is 10.9. The van der Waals surface area contributed by atoms with Crippen LogP contribution in [0.5, 0.6) is 0 Å². The Labute approximate surface area is 206 Å². The predicted molar refractivity (Wildman–Crippen MR) is 134 cm³/mol. The van der Waals surface area contributed by atoms with Crippen LogP contribution in [0, 0.1) is 6.92 Å². The molecule has 2 amide bonds. The molecule has 3 aromatic rings. The van der Waals surface area contributed by atoms with E-state index in [2.05, 4.69) is 15.6 Å². The summed E-state index contributed by atoms with van der Waals surface area (Å²) in [6.07, 6.45) is 1.77. The molecule has 9 heteroatoms. The van der Waals surface area contributed by atoms with Crippen molar-refractivity contribution in [3.05, 3.63) is 62.9 Å². The fourth-order valence-electron chi connectivity index (χ4n) is 4.67. The summed E-state index contributed by atoms with van der Waals surface area (Å²) >= 11 is 3.09. The zero-order valence-corrected chi connectivity index (χ0v) is 20.6. The smallest absolute Gasteiger partial charge is 0.264 e. The fraction of sp³-hybridized carbons (Fsp3) is 0.400. The summed E-state index contributed by atoms with van der Waals surface area (Å²) in [5, 5.41) is 16.6. The second kappa shape index (κ2) is 9.95. The average molecular weight is 497 g/mol. The lowest BCUT2D eigenvalue weighted by Crippen LogP contribution is -2.45. The van der Waals surface area contributed by atoms with Crippen LogP contribution in [0.1, 0.15) is 51.1 Å². The highest BCUT2D eigenvalue weighted by Crippen LogP contribution is 2.31. The third-order valence-corrected chi connectivity index (χ3v) is 8.68. The molecule has 1 unspecified atom stereocenters. The fourth-order valence-corrected chi connectivity index (χ4v) is 6.56. The van der Waals surface area contributed by atoms with Crippen molar-refractivity contribution in [2.24, 2.45) is 0 Å². The van der Waals surface area contributed by atoms with Gasteiger partial charge in [-0.1, -0.05) is 24.3 Å². The van der Waals surface area contributed by atoms with Gasteiger partial charge >= 0.3 is 0 Å². The van der Waals surface area contributed by atoms with Crippen LogP contribution in [0.4, 0.5) is 0 Å². The van der Waals surface area contributed by atoms with Gasteiger partial charge < -0.3 is 20.6 Å². The summed E-state index contributed by atoms with van der Waals surface area (Å²) in [4.78, 5) is 34.9. The first-order valence-corrected chi connectivity index (χ1v) is 13.3. The molecule has 7 nitrogen and oxygen atoms in total. The number of benzene rings is 1. The molecule has 1 aromatic carbocycles. The summed E-state index contributed by atoms with van der Waals surface area (Å²) in [6, 6.07) is 11.5. The molecular weight excluding hydrogens is 468 g/mol. The van der Waals surface area contributed by atoms with E-state index in [0.29, 0.717) is 17.5 Å². The van der Waals surface area contributed by atoms with Gasteiger partial charge in [-0.2, -0.15) is 0 Å². The minimum atomic E-state index is -0.697. The molecule has 0 saturated carbocycles. The third kappa shape index (κ3) is 4.79. The molecule has 3 atom stereocenters. The highest BCUT2D eigenvalue weighted by Gasteiger charge is 2.39.